The van der Waals surface area contributed by atoms with E-state index in [1.54, 1.807) is 0 Å². The predicted octanol–water partition coefficient (Wildman–Crippen LogP) is 0.729. The summed E-state index contributed by atoms with van der Waals surface area (Å²) in [5, 5.41) is 8.52. The van der Waals surface area contributed by atoms with E-state index < -0.39 is 0 Å². The largest absolute Gasteiger partial charge is 0.465 e. The van der Waals surface area contributed by atoms with Crippen molar-refractivity contribution < 1.29 is 19.4 Å². The minimum absolute atomic E-state index is 0.0388. The number of carbonyl (C=O) groups excluding carboxylic acids is 1. The lowest BCUT2D eigenvalue weighted by Crippen LogP contribution is -2.46. The summed E-state index contributed by atoms with van der Waals surface area (Å²) in [6.07, 6.45) is 1.76. The van der Waals surface area contributed by atoms with Gasteiger partial charge >= 0.3 is 5.97 Å². The molecule has 0 spiro atoms. The molecule has 0 radical (unpaired) electrons. The lowest BCUT2D eigenvalue weighted by molar-refractivity contribution is -0.170. The van der Waals surface area contributed by atoms with E-state index in [4.69, 9.17) is 14.6 Å². The molecule has 0 aromatic rings. The maximum absolute atomic E-state index is 11.1. The van der Waals surface area contributed by atoms with Crippen LogP contribution in [0.4, 0.5) is 0 Å². The highest BCUT2D eigenvalue weighted by atomic mass is 16.5. The molecule has 82 valence electrons. The summed E-state index contributed by atoms with van der Waals surface area (Å²) in [6.45, 7) is 3.95. The zero-order valence-corrected chi connectivity index (χ0v) is 8.62. The van der Waals surface area contributed by atoms with Crippen LogP contribution in [0.3, 0.4) is 0 Å². The molecular formula is C10H18O4. The van der Waals surface area contributed by atoms with E-state index in [-0.39, 0.29) is 18.0 Å². The van der Waals surface area contributed by atoms with E-state index >= 15 is 0 Å². The van der Waals surface area contributed by atoms with Gasteiger partial charge in [-0.1, -0.05) is 6.92 Å². The Balaban J connectivity index is 2.15. The van der Waals surface area contributed by atoms with E-state index in [1.807, 2.05) is 0 Å². The van der Waals surface area contributed by atoms with Crippen molar-refractivity contribution in [2.45, 2.75) is 26.2 Å². The van der Waals surface area contributed by atoms with Crippen LogP contribution < -0.4 is 0 Å². The molecule has 0 bridgehead atoms. The molecule has 1 saturated heterocycles. The van der Waals surface area contributed by atoms with Crippen LogP contribution in [0.25, 0.3) is 0 Å². The van der Waals surface area contributed by atoms with E-state index in [9.17, 15) is 4.79 Å². The first-order valence-electron chi connectivity index (χ1n) is 5.07. The number of ether oxygens (including phenoxy) is 2. The summed E-state index contributed by atoms with van der Waals surface area (Å²) in [6, 6.07) is 0. The first-order chi connectivity index (χ1) is 6.72. The van der Waals surface area contributed by atoms with Gasteiger partial charge in [0.05, 0.1) is 18.6 Å². The fourth-order valence-corrected chi connectivity index (χ4v) is 1.31. The van der Waals surface area contributed by atoms with Crippen molar-refractivity contribution in [3.05, 3.63) is 0 Å². The first-order valence-corrected chi connectivity index (χ1v) is 5.07. The third kappa shape index (κ3) is 2.96. The SMILES string of the molecule is CCC1(COC(=O)CCCO)COC1. The van der Waals surface area contributed by atoms with E-state index in [2.05, 4.69) is 6.92 Å². The molecule has 1 aliphatic rings. The molecule has 1 fully saturated rings. The van der Waals surface area contributed by atoms with Crippen LogP contribution in [0.2, 0.25) is 0 Å². The van der Waals surface area contributed by atoms with Crippen molar-refractivity contribution in [1.82, 2.24) is 0 Å². The van der Waals surface area contributed by atoms with Gasteiger partial charge in [0.15, 0.2) is 0 Å². The molecule has 0 amide bonds. The maximum atomic E-state index is 11.1. The molecule has 0 aromatic carbocycles. The zero-order valence-electron chi connectivity index (χ0n) is 8.62. The molecule has 14 heavy (non-hydrogen) atoms. The normalized spacial score (nSPS) is 18.7. The van der Waals surface area contributed by atoms with Gasteiger partial charge in [0.25, 0.3) is 0 Å². The van der Waals surface area contributed by atoms with Gasteiger partial charge in [-0.2, -0.15) is 0 Å². The Morgan fingerprint density at radius 1 is 1.57 bits per heavy atom. The van der Waals surface area contributed by atoms with Gasteiger partial charge in [0, 0.05) is 13.0 Å². The Labute approximate surface area is 84.2 Å². The van der Waals surface area contributed by atoms with Gasteiger partial charge in [-0.25, -0.2) is 0 Å². The second-order valence-electron chi connectivity index (χ2n) is 3.83. The van der Waals surface area contributed by atoms with Gasteiger partial charge in [0.2, 0.25) is 0 Å². The minimum atomic E-state index is -0.223. The number of aliphatic hydroxyl groups excluding tert-OH is 1. The second-order valence-corrected chi connectivity index (χ2v) is 3.83. The Bertz CT molecular complexity index is 181. The van der Waals surface area contributed by atoms with Gasteiger partial charge in [-0.05, 0) is 12.8 Å². The van der Waals surface area contributed by atoms with Crippen LogP contribution in [0.1, 0.15) is 26.2 Å². The molecule has 0 unspecified atom stereocenters. The highest BCUT2D eigenvalue weighted by molar-refractivity contribution is 5.69. The summed E-state index contributed by atoms with van der Waals surface area (Å²) >= 11 is 0. The molecule has 1 rings (SSSR count). The Morgan fingerprint density at radius 3 is 2.71 bits per heavy atom. The number of carbonyl (C=O) groups is 1. The van der Waals surface area contributed by atoms with E-state index in [1.165, 1.54) is 0 Å². The Hall–Kier alpha value is -0.610. The molecule has 0 atom stereocenters. The number of hydrogen-bond donors (Lipinski definition) is 1. The number of rotatable bonds is 6. The first kappa shape index (κ1) is 11.5. The number of esters is 1. The molecule has 4 heteroatoms. The second kappa shape index (κ2) is 5.32. The molecular weight excluding hydrogens is 184 g/mol. The van der Waals surface area contributed by atoms with Crippen LogP contribution in [0.15, 0.2) is 0 Å². The van der Waals surface area contributed by atoms with Crippen LogP contribution in [0, 0.1) is 5.41 Å². The fourth-order valence-electron chi connectivity index (χ4n) is 1.31. The highest BCUT2D eigenvalue weighted by Crippen LogP contribution is 2.31. The third-order valence-corrected chi connectivity index (χ3v) is 2.64. The monoisotopic (exact) mass is 202 g/mol. The minimum Gasteiger partial charge on any atom is -0.465 e. The molecule has 1 aliphatic heterocycles. The predicted molar refractivity (Wildman–Crippen MR) is 50.8 cm³/mol. The smallest absolute Gasteiger partial charge is 0.305 e. The lowest BCUT2D eigenvalue weighted by atomic mass is 9.84. The van der Waals surface area contributed by atoms with E-state index in [0.29, 0.717) is 32.7 Å². The van der Waals surface area contributed by atoms with Gasteiger partial charge in [-0.15, -0.1) is 0 Å². The van der Waals surface area contributed by atoms with Gasteiger partial charge < -0.3 is 14.6 Å². The summed E-state index contributed by atoms with van der Waals surface area (Å²) in [7, 11) is 0. The molecule has 4 nitrogen and oxygen atoms in total. The average Bonchev–Trinajstić information content (AvgIpc) is 2.14. The standard InChI is InChI=1S/C10H18O4/c1-2-10(6-13-7-10)8-14-9(12)4-3-5-11/h11H,2-8H2,1H3. The molecule has 0 saturated carbocycles. The summed E-state index contributed by atoms with van der Waals surface area (Å²) in [5.74, 6) is -0.223. The van der Waals surface area contributed by atoms with Crippen LogP contribution in [-0.4, -0.2) is 37.5 Å². The maximum Gasteiger partial charge on any atom is 0.305 e. The fraction of sp³-hybridized carbons (Fsp3) is 0.900. The van der Waals surface area contributed by atoms with Gasteiger partial charge in [0.1, 0.15) is 6.61 Å². The van der Waals surface area contributed by atoms with Crippen molar-refractivity contribution in [2.75, 3.05) is 26.4 Å². The molecule has 1 N–H and O–H groups in total. The van der Waals surface area contributed by atoms with Crippen LogP contribution in [0.5, 0.6) is 0 Å². The summed E-state index contributed by atoms with van der Waals surface area (Å²) < 4.78 is 10.2. The Morgan fingerprint density at radius 2 is 2.29 bits per heavy atom. The molecule has 1 heterocycles. The zero-order chi connectivity index (χ0) is 10.4. The van der Waals surface area contributed by atoms with Crippen molar-refractivity contribution in [3.8, 4) is 0 Å². The number of aliphatic hydroxyl groups is 1. The van der Waals surface area contributed by atoms with Gasteiger partial charge in [-0.3, -0.25) is 4.79 Å². The van der Waals surface area contributed by atoms with Crippen molar-refractivity contribution in [3.63, 3.8) is 0 Å². The molecule has 0 aromatic heterocycles. The average molecular weight is 202 g/mol. The lowest BCUT2D eigenvalue weighted by Gasteiger charge is -2.39. The van der Waals surface area contributed by atoms with Crippen molar-refractivity contribution in [1.29, 1.82) is 0 Å². The quantitative estimate of drug-likeness (QED) is 0.645. The van der Waals surface area contributed by atoms with Crippen molar-refractivity contribution >= 4 is 5.97 Å². The van der Waals surface area contributed by atoms with Crippen molar-refractivity contribution in [2.24, 2.45) is 5.41 Å². The molecule has 0 aliphatic carbocycles. The van der Waals surface area contributed by atoms with Crippen LogP contribution >= 0.6 is 0 Å². The van der Waals surface area contributed by atoms with E-state index in [0.717, 1.165) is 6.42 Å². The highest BCUT2D eigenvalue weighted by Gasteiger charge is 2.38. The summed E-state index contributed by atoms with van der Waals surface area (Å²) in [5.41, 5.74) is 0.0644. The van der Waals surface area contributed by atoms with Crippen LogP contribution in [-0.2, 0) is 14.3 Å². The summed E-state index contributed by atoms with van der Waals surface area (Å²) in [4.78, 5) is 11.1. The Kier molecular flexibility index (Phi) is 4.35. The topological polar surface area (TPSA) is 55.8 Å². The third-order valence-electron chi connectivity index (χ3n) is 2.64. The number of hydrogen-bond acceptors (Lipinski definition) is 4.